The second-order valence-electron chi connectivity index (χ2n) is 4.99. The summed E-state index contributed by atoms with van der Waals surface area (Å²) >= 11 is 3.59. The van der Waals surface area contributed by atoms with E-state index < -0.39 is 0 Å². The van der Waals surface area contributed by atoms with Gasteiger partial charge in [0.25, 0.3) is 0 Å². The maximum absolute atomic E-state index is 5.77. The number of hydrogen-bond acceptors (Lipinski definition) is 3. The molecule has 0 aromatic heterocycles. The number of alkyl halides is 1. The topological polar surface area (TPSA) is 21.7 Å². The first-order chi connectivity index (χ1) is 9.31. The zero-order valence-corrected chi connectivity index (χ0v) is 13.1. The molecule has 3 nitrogen and oxygen atoms in total. The van der Waals surface area contributed by atoms with Gasteiger partial charge < -0.3 is 9.47 Å². The number of ether oxygens (including phenoxy) is 2. The number of methoxy groups -OCH3 is 1. The lowest BCUT2D eigenvalue weighted by atomic mass is 10.0. The zero-order valence-electron chi connectivity index (χ0n) is 11.5. The lowest BCUT2D eigenvalue weighted by molar-refractivity contribution is 0.155. The molecular formula is C15H22BrNO2. The van der Waals surface area contributed by atoms with Gasteiger partial charge in [-0.3, -0.25) is 4.90 Å². The minimum Gasteiger partial charge on any atom is -0.497 e. The van der Waals surface area contributed by atoms with Crippen LogP contribution in [0, 0.1) is 5.92 Å². The van der Waals surface area contributed by atoms with Crippen molar-refractivity contribution in [3.63, 3.8) is 0 Å². The van der Waals surface area contributed by atoms with Crippen LogP contribution in [0.15, 0.2) is 24.3 Å². The van der Waals surface area contributed by atoms with Crippen molar-refractivity contribution >= 4 is 15.9 Å². The average molecular weight is 328 g/mol. The van der Waals surface area contributed by atoms with Gasteiger partial charge in [-0.1, -0.05) is 15.9 Å². The Morgan fingerprint density at radius 3 is 2.68 bits per heavy atom. The van der Waals surface area contributed by atoms with E-state index in [0.717, 1.165) is 35.9 Å². The first-order valence-corrected chi connectivity index (χ1v) is 7.99. The highest BCUT2D eigenvalue weighted by molar-refractivity contribution is 9.09. The Morgan fingerprint density at radius 1 is 1.26 bits per heavy atom. The molecule has 1 heterocycles. The summed E-state index contributed by atoms with van der Waals surface area (Å²) in [5.74, 6) is 2.58. The lowest BCUT2D eigenvalue weighted by Crippen LogP contribution is -2.38. The monoisotopic (exact) mass is 327 g/mol. The lowest BCUT2D eigenvalue weighted by Gasteiger charge is -2.31. The van der Waals surface area contributed by atoms with Crippen molar-refractivity contribution in [3.8, 4) is 11.5 Å². The molecule has 0 radical (unpaired) electrons. The molecular weight excluding hydrogens is 306 g/mol. The third-order valence-corrected chi connectivity index (χ3v) is 4.47. The Morgan fingerprint density at radius 2 is 2.00 bits per heavy atom. The van der Waals surface area contributed by atoms with Crippen LogP contribution in [0.4, 0.5) is 0 Å². The van der Waals surface area contributed by atoms with Gasteiger partial charge in [0.05, 0.1) is 7.11 Å². The molecule has 0 saturated carbocycles. The van der Waals surface area contributed by atoms with E-state index >= 15 is 0 Å². The van der Waals surface area contributed by atoms with Crippen LogP contribution in [-0.4, -0.2) is 43.6 Å². The Labute approximate surface area is 124 Å². The van der Waals surface area contributed by atoms with Gasteiger partial charge in [0.15, 0.2) is 0 Å². The second kappa shape index (κ2) is 7.75. The fourth-order valence-electron chi connectivity index (χ4n) is 2.44. The smallest absolute Gasteiger partial charge is 0.119 e. The summed E-state index contributed by atoms with van der Waals surface area (Å²) in [5.41, 5.74) is 0. The molecule has 1 unspecified atom stereocenters. The van der Waals surface area contributed by atoms with Crippen LogP contribution in [0.5, 0.6) is 11.5 Å². The van der Waals surface area contributed by atoms with Crippen LogP contribution in [0.3, 0.4) is 0 Å². The number of rotatable bonds is 6. The van der Waals surface area contributed by atoms with E-state index in [1.165, 1.54) is 25.9 Å². The number of likely N-dealkylation sites (tertiary alicyclic amines) is 1. The van der Waals surface area contributed by atoms with Gasteiger partial charge in [-0.2, -0.15) is 0 Å². The van der Waals surface area contributed by atoms with Gasteiger partial charge in [-0.25, -0.2) is 0 Å². The van der Waals surface area contributed by atoms with Crippen molar-refractivity contribution in [1.82, 2.24) is 4.90 Å². The van der Waals surface area contributed by atoms with E-state index in [1.807, 2.05) is 24.3 Å². The Balaban J connectivity index is 1.70. The fourth-order valence-corrected chi connectivity index (χ4v) is 2.97. The molecule has 1 aromatic rings. The van der Waals surface area contributed by atoms with Gasteiger partial charge in [-0.05, 0) is 49.6 Å². The summed E-state index contributed by atoms with van der Waals surface area (Å²) in [5, 5.41) is 1.11. The van der Waals surface area contributed by atoms with E-state index in [-0.39, 0.29) is 0 Å². The van der Waals surface area contributed by atoms with Crippen molar-refractivity contribution < 1.29 is 9.47 Å². The Kier molecular flexibility index (Phi) is 5.98. The molecule has 1 aromatic carbocycles. The fraction of sp³-hybridized carbons (Fsp3) is 0.600. The quantitative estimate of drug-likeness (QED) is 0.749. The highest BCUT2D eigenvalue weighted by Crippen LogP contribution is 2.19. The number of piperidine rings is 1. The summed E-state index contributed by atoms with van der Waals surface area (Å²) in [6.45, 7) is 4.16. The van der Waals surface area contributed by atoms with Crippen LogP contribution < -0.4 is 9.47 Å². The van der Waals surface area contributed by atoms with Crippen LogP contribution in [0.1, 0.15) is 12.8 Å². The van der Waals surface area contributed by atoms with Gasteiger partial charge in [0.2, 0.25) is 0 Å². The van der Waals surface area contributed by atoms with E-state index in [1.54, 1.807) is 7.11 Å². The minimum atomic E-state index is 0.751. The summed E-state index contributed by atoms with van der Waals surface area (Å²) < 4.78 is 10.9. The van der Waals surface area contributed by atoms with Crippen LogP contribution in [0.2, 0.25) is 0 Å². The normalized spacial score (nSPS) is 20.2. The number of benzene rings is 1. The van der Waals surface area contributed by atoms with Crippen LogP contribution in [-0.2, 0) is 0 Å². The van der Waals surface area contributed by atoms with Crippen molar-refractivity contribution in [1.29, 1.82) is 0 Å². The molecule has 0 aliphatic carbocycles. The third-order valence-electron chi connectivity index (χ3n) is 3.56. The largest absolute Gasteiger partial charge is 0.497 e. The second-order valence-corrected chi connectivity index (χ2v) is 5.63. The first kappa shape index (κ1) is 14.7. The molecule has 1 atom stereocenters. The molecule has 2 rings (SSSR count). The van der Waals surface area contributed by atoms with E-state index in [0.29, 0.717) is 0 Å². The number of nitrogens with zero attached hydrogens (tertiary/aromatic N) is 1. The first-order valence-electron chi connectivity index (χ1n) is 6.87. The van der Waals surface area contributed by atoms with Crippen molar-refractivity contribution in [3.05, 3.63) is 24.3 Å². The molecule has 1 aliphatic heterocycles. The van der Waals surface area contributed by atoms with E-state index in [2.05, 4.69) is 20.8 Å². The molecule has 106 valence electrons. The standard InChI is InChI=1S/C15H22BrNO2/c1-18-14-4-6-15(7-5-14)19-10-9-17-8-2-3-13(11-16)12-17/h4-7,13H,2-3,8-12H2,1H3. The predicted molar refractivity (Wildman–Crippen MR) is 81.4 cm³/mol. The molecule has 1 fully saturated rings. The van der Waals surface area contributed by atoms with Crippen molar-refractivity contribution in [2.24, 2.45) is 5.92 Å². The highest BCUT2D eigenvalue weighted by atomic mass is 79.9. The van der Waals surface area contributed by atoms with Crippen LogP contribution in [0.25, 0.3) is 0 Å². The van der Waals surface area contributed by atoms with Gasteiger partial charge >= 0.3 is 0 Å². The Bertz CT molecular complexity index is 369. The van der Waals surface area contributed by atoms with E-state index in [9.17, 15) is 0 Å². The molecule has 1 saturated heterocycles. The zero-order chi connectivity index (χ0) is 13.5. The maximum Gasteiger partial charge on any atom is 0.119 e. The van der Waals surface area contributed by atoms with E-state index in [4.69, 9.17) is 9.47 Å². The van der Waals surface area contributed by atoms with Crippen molar-refractivity contribution in [2.45, 2.75) is 12.8 Å². The maximum atomic E-state index is 5.77. The van der Waals surface area contributed by atoms with Gasteiger partial charge in [0.1, 0.15) is 18.1 Å². The summed E-state index contributed by atoms with van der Waals surface area (Å²) in [6, 6.07) is 7.76. The highest BCUT2D eigenvalue weighted by Gasteiger charge is 2.18. The van der Waals surface area contributed by atoms with Crippen LogP contribution >= 0.6 is 15.9 Å². The van der Waals surface area contributed by atoms with Gasteiger partial charge in [-0.15, -0.1) is 0 Å². The Hall–Kier alpha value is -0.740. The summed E-state index contributed by atoms with van der Waals surface area (Å²) in [6.07, 6.45) is 2.65. The summed E-state index contributed by atoms with van der Waals surface area (Å²) in [7, 11) is 1.67. The molecule has 0 N–H and O–H groups in total. The molecule has 0 amide bonds. The number of halogens is 1. The molecule has 0 spiro atoms. The SMILES string of the molecule is COc1ccc(OCCN2CCCC(CBr)C2)cc1. The van der Waals surface area contributed by atoms with Crippen molar-refractivity contribution in [2.75, 3.05) is 38.7 Å². The molecule has 1 aliphatic rings. The molecule has 0 bridgehead atoms. The molecule has 19 heavy (non-hydrogen) atoms. The summed E-state index contributed by atoms with van der Waals surface area (Å²) in [4.78, 5) is 2.50. The minimum absolute atomic E-state index is 0.751. The molecule has 4 heteroatoms. The third kappa shape index (κ3) is 4.69. The van der Waals surface area contributed by atoms with Gasteiger partial charge in [0, 0.05) is 18.4 Å². The number of hydrogen-bond donors (Lipinski definition) is 0. The predicted octanol–water partition coefficient (Wildman–Crippen LogP) is 3.18. The average Bonchev–Trinajstić information content (AvgIpc) is 2.48.